The molecule has 2 atom stereocenters. The van der Waals surface area contributed by atoms with Crippen LogP contribution in [-0.2, 0) is 11.2 Å². The number of ether oxygens (including phenoxy) is 1. The van der Waals surface area contributed by atoms with Crippen LogP contribution < -0.4 is 0 Å². The van der Waals surface area contributed by atoms with E-state index in [1.165, 1.54) is 249 Å². The Labute approximate surface area is 421 Å². The van der Waals surface area contributed by atoms with Gasteiger partial charge in [-0.2, -0.15) is 0 Å². The minimum Gasteiger partial charge on any atom is -0.462 e. The van der Waals surface area contributed by atoms with Crippen LogP contribution in [-0.4, -0.2) is 18.4 Å². The van der Waals surface area contributed by atoms with Gasteiger partial charge in [0.15, 0.2) is 5.78 Å². The highest BCUT2D eigenvalue weighted by Gasteiger charge is 2.27. The molecule has 0 spiro atoms. The molecule has 0 saturated carbocycles. The van der Waals surface area contributed by atoms with Gasteiger partial charge < -0.3 is 4.74 Å². The third-order valence-electron chi connectivity index (χ3n) is 14.3. The molecular formula is C58H99BrO3S3. The Morgan fingerprint density at radius 2 is 0.769 bits per heavy atom. The molecule has 0 N–H and O–H groups in total. The monoisotopic (exact) mass is 1020 g/mol. The van der Waals surface area contributed by atoms with Crippen LogP contribution >= 0.6 is 49.9 Å². The van der Waals surface area contributed by atoms with Crippen molar-refractivity contribution in [2.75, 3.05) is 6.61 Å². The van der Waals surface area contributed by atoms with Crippen molar-refractivity contribution in [3.8, 4) is 0 Å². The molecule has 0 bridgehead atoms. The van der Waals surface area contributed by atoms with E-state index in [-0.39, 0.29) is 11.8 Å². The standard InChI is InChI=1S/C58H99BrO3S3/c1-6-11-15-19-23-25-29-33-41-47(39-31-27-21-17-13-8-3)43-35-37-45-49-52-56(64-53(49)58(61)62-10-5)57-55(63-52)51(59)54(65-57)50(60)46-38-36-44-48(40-32-28-22-18-14-9-4)42-34-30-26-24-20-16-12-7-2/h47-48H,6-46H2,1-5H3. The van der Waals surface area contributed by atoms with E-state index in [4.69, 9.17) is 4.74 Å². The molecule has 65 heavy (non-hydrogen) atoms. The molecule has 3 nitrogen and oxygen atoms in total. The zero-order valence-corrected chi connectivity index (χ0v) is 47.0. The predicted molar refractivity (Wildman–Crippen MR) is 297 cm³/mol. The lowest BCUT2D eigenvalue weighted by Crippen LogP contribution is -2.06. The number of thiophene rings is 3. The zero-order valence-electron chi connectivity index (χ0n) is 43.0. The van der Waals surface area contributed by atoms with Crippen molar-refractivity contribution in [1.29, 1.82) is 0 Å². The lowest BCUT2D eigenvalue weighted by atomic mass is 9.89. The lowest BCUT2D eigenvalue weighted by Gasteiger charge is -2.17. The van der Waals surface area contributed by atoms with E-state index >= 15 is 0 Å². The van der Waals surface area contributed by atoms with Crippen LogP contribution in [0.25, 0.3) is 18.8 Å². The van der Waals surface area contributed by atoms with Gasteiger partial charge in [-0.15, -0.1) is 34.0 Å². The van der Waals surface area contributed by atoms with Gasteiger partial charge in [-0.3, -0.25) is 4.79 Å². The van der Waals surface area contributed by atoms with Crippen molar-refractivity contribution in [1.82, 2.24) is 0 Å². The number of rotatable bonds is 45. The second kappa shape index (κ2) is 38.0. The fourth-order valence-corrected chi connectivity index (χ4v) is 15.5. The van der Waals surface area contributed by atoms with Gasteiger partial charge in [0.2, 0.25) is 0 Å². The highest BCUT2D eigenvalue weighted by molar-refractivity contribution is 9.10. The summed E-state index contributed by atoms with van der Waals surface area (Å²) in [4.78, 5) is 28.9. The molecule has 3 aromatic rings. The molecule has 0 aromatic carbocycles. The predicted octanol–water partition coefficient (Wildman–Crippen LogP) is 22.4. The number of Topliss-reactive ketones (excluding diaryl/α,β-unsaturated/α-hetero) is 1. The number of aryl methyl sites for hydroxylation is 1. The van der Waals surface area contributed by atoms with Crippen LogP contribution in [0.5, 0.6) is 0 Å². The summed E-state index contributed by atoms with van der Waals surface area (Å²) in [6.07, 6.45) is 52.8. The summed E-state index contributed by atoms with van der Waals surface area (Å²) < 4.78 is 11.4. The van der Waals surface area contributed by atoms with E-state index in [1.54, 1.807) is 34.0 Å². The first-order chi connectivity index (χ1) is 31.9. The first-order valence-electron chi connectivity index (χ1n) is 28.3. The quantitative estimate of drug-likeness (QED) is 0.0322. The van der Waals surface area contributed by atoms with E-state index < -0.39 is 0 Å². The van der Waals surface area contributed by atoms with Gasteiger partial charge in [0.1, 0.15) is 4.88 Å². The molecule has 0 aliphatic carbocycles. The molecule has 7 heteroatoms. The molecule has 3 aromatic heterocycles. The molecular weight excluding hydrogens is 921 g/mol. The van der Waals surface area contributed by atoms with Crippen molar-refractivity contribution < 1.29 is 14.3 Å². The number of esters is 1. The Balaban J connectivity index is 1.59. The van der Waals surface area contributed by atoms with E-state index in [0.29, 0.717) is 13.0 Å². The van der Waals surface area contributed by atoms with Crippen LogP contribution in [0.15, 0.2) is 4.47 Å². The van der Waals surface area contributed by atoms with Crippen LogP contribution in [0, 0.1) is 11.8 Å². The molecule has 374 valence electrons. The van der Waals surface area contributed by atoms with Crippen molar-refractivity contribution in [2.24, 2.45) is 11.8 Å². The zero-order chi connectivity index (χ0) is 46.7. The van der Waals surface area contributed by atoms with E-state index in [9.17, 15) is 9.59 Å². The topological polar surface area (TPSA) is 43.4 Å². The summed E-state index contributed by atoms with van der Waals surface area (Å²) in [5.74, 6) is 1.75. The number of halogens is 1. The number of hydrogen-bond donors (Lipinski definition) is 0. The Bertz CT molecular complexity index is 1640. The smallest absolute Gasteiger partial charge is 0.348 e. The van der Waals surface area contributed by atoms with Crippen molar-refractivity contribution >= 4 is 80.5 Å². The summed E-state index contributed by atoms with van der Waals surface area (Å²) in [6, 6.07) is 0. The number of carbonyl (C=O) groups excluding carboxylic acids is 2. The normalized spacial score (nSPS) is 12.8. The van der Waals surface area contributed by atoms with Crippen LogP contribution in [0.3, 0.4) is 0 Å². The van der Waals surface area contributed by atoms with Gasteiger partial charge >= 0.3 is 5.97 Å². The third kappa shape index (κ3) is 23.6. The molecule has 0 radical (unpaired) electrons. The first-order valence-corrected chi connectivity index (χ1v) is 31.5. The highest BCUT2D eigenvalue weighted by Crippen LogP contribution is 2.50. The van der Waals surface area contributed by atoms with Crippen LogP contribution in [0.4, 0.5) is 0 Å². The maximum atomic E-state index is 13.8. The summed E-state index contributed by atoms with van der Waals surface area (Å²) in [5.41, 5.74) is 1.19. The Morgan fingerprint density at radius 1 is 0.415 bits per heavy atom. The van der Waals surface area contributed by atoms with Crippen molar-refractivity contribution in [3.63, 3.8) is 0 Å². The van der Waals surface area contributed by atoms with Gasteiger partial charge in [-0.1, -0.05) is 259 Å². The fraction of sp³-hybridized carbons (Fsp3) is 0.828. The molecule has 2 unspecified atom stereocenters. The molecule has 0 aliphatic rings. The molecule has 3 rings (SSSR count). The average Bonchev–Trinajstić information content (AvgIpc) is 3.95. The van der Waals surface area contributed by atoms with E-state index in [1.807, 2.05) is 6.92 Å². The highest BCUT2D eigenvalue weighted by atomic mass is 79.9. The number of unbranched alkanes of at least 4 members (excludes halogenated alkanes) is 26. The SMILES string of the molecule is CCCCCCCCCCC(CCCCCCCC)CCCCC(=O)c1sc2c(sc3c(CCCCC(CCCCCCCC)CCCCCCCCCC)c(C(=O)OCC)sc32)c1Br. The molecule has 0 aliphatic heterocycles. The number of carbonyl (C=O) groups is 2. The van der Waals surface area contributed by atoms with Gasteiger partial charge in [0.25, 0.3) is 0 Å². The first kappa shape index (κ1) is 58.6. The van der Waals surface area contributed by atoms with Crippen LogP contribution in [0.2, 0.25) is 0 Å². The largest absolute Gasteiger partial charge is 0.462 e. The Hall–Kier alpha value is -0.760. The van der Waals surface area contributed by atoms with Crippen molar-refractivity contribution in [2.45, 2.75) is 291 Å². The van der Waals surface area contributed by atoms with E-state index in [2.05, 4.69) is 43.6 Å². The maximum Gasteiger partial charge on any atom is 0.348 e. The summed E-state index contributed by atoms with van der Waals surface area (Å²) in [7, 11) is 0. The molecule has 3 heterocycles. The minimum atomic E-state index is -0.177. The Kier molecular flexibility index (Phi) is 34.3. The van der Waals surface area contributed by atoms with Crippen LogP contribution in [0.1, 0.15) is 310 Å². The van der Waals surface area contributed by atoms with Gasteiger partial charge in [-0.05, 0) is 59.5 Å². The Morgan fingerprint density at radius 3 is 1.18 bits per heavy atom. The number of fused-ring (bicyclic) bond motifs is 3. The second-order valence-corrected chi connectivity index (χ2v) is 23.9. The average molecular weight is 1020 g/mol. The third-order valence-corrected chi connectivity index (χ3v) is 19.8. The van der Waals surface area contributed by atoms with Gasteiger partial charge in [-0.25, -0.2) is 4.79 Å². The second-order valence-electron chi connectivity index (χ2n) is 20.1. The summed E-state index contributed by atoms with van der Waals surface area (Å²) in [6.45, 7) is 11.5. The van der Waals surface area contributed by atoms with Gasteiger partial charge in [0, 0.05) is 6.42 Å². The van der Waals surface area contributed by atoms with Crippen molar-refractivity contribution in [3.05, 3.63) is 19.8 Å². The number of ketones is 1. The van der Waals surface area contributed by atoms with Gasteiger partial charge in [0.05, 0.1) is 34.8 Å². The summed E-state index contributed by atoms with van der Waals surface area (Å²) in [5, 5.41) is 0. The van der Waals surface area contributed by atoms with E-state index in [0.717, 1.165) is 51.7 Å². The lowest BCUT2D eigenvalue weighted by molar-refractivity contribution is 0.0531. The molecule has 0 fully saturated rings. The molecule has 0 amide bonds. The fourth-order valence-electron chi connectivity index (χ4n) is 10.2. The number of hydrogen-bond acceptors (Lipinski definition) is 6. The minimum absolute atomic E-state index is 0.177. The maximum absolute atomic E-state index is 13.8. The molecule has 0 saturated heterocycles. The summed E-state index contributed by atoms with van der Waals surface area (Å²) >= 11 is 8.98.